The Balaban J connectivity index is 2.19. The van der Waals surface area contributed by atoms with E-state index in [1.54, 1.807) is 0 Å². The molecule has 0 radical (unpaired) electrons. The van der Waals surface area contributed by atoms with E-state index >= 15 is 0 Å². The van der Waals surface area contributed by atoms with Crippen LogP contribution in [0.2, 0.25) is 0 Å². The minimum Gasteiger partial charge on any atom is -0.210 e. The van der Waals surface area contributed by atoms with Gasteiger partial charge in [-0.2, -0.15) is 0 Å². The van der Waals surface area contributed by atoms with Crippen LogP contribution < -0.4 is 4.72 Å². The maximum Gasteiger partial charge on any atom is 0.246 e. The smallest absolute Gasteiger partial charge is 0.210 e. The van der Waals surface area contributed by atoms with Gasteiger partial charge in [-0.05, 0) is 24.7 Å². The minimum atomic E-state index is -4.33. The Morgan fingerprint density at radius 1 is 1.20 bits per heavy atom. The molecule has 20 heavy (non-hydrogen) atoms. The predicted octanol–water partition coefficient (Wildman–Crippen LogP) is 2.95. The van der Waals surface area contributed by atoms with E-state index in [0.29, 0.717) is 12.1 Å². The van der Waals surface area contributed by atoms with Gasteiger partial charge in [0.15, 0.2) is 4.90 Å². The Kier molecular flexibility index (Phi) is 4.46. The third-order valence-electron chi connectivity index (χ3n) is 3.45. The monoisotopic (exact) mass is 371 g/mol. The van der Waals surface area contributed by atoms with Crippen LogP contribution in [0.5, 0.6) is 0 Å². The summed E-state index contributed by atoms with van der Waals surface area (Å²) >= 11 is 3.28. The molecule has 1 N–H and O–H groups in total. The molecule has 0 unspecified atom stereocenters. The molecule has 0 aromatic heterocycles. The van der Waals surface area contributed by atoms with Crippen LogP contribution in [0, 0.1) is 22.9 Å². The molecule has 2 rings (SSSR count). The Hall–Kier alpha value is -0.600. The molecule has 0 amide bonds. The summed E-state index contributed by atoms with van der Waals surface area (Å²) in [7, 11) is -4.33. The van der Waals surface area contributed by atoms with Crippen LogP contribution in [0.3, 0.4) is 0 Å². The Morgan fingerprint density at radius 3 is 2.20 bits per heavy atom. The number of alkyl halides is 1. The maximum atomic E-state index is 13.5. The molecule has 0 aliphatic heterocycles. The predicted molar refractivity (Wildman–Crippen MR) is 71.6 cm³/mol. The highest BCUT2D eigenvalue weighted by Gasteiger charge is 2.42. The van der Waals surface area contributed by atoms with E-state index in [1.807, 2.05) is 0 Å². The van der Waals surface area contributed by atoms with Crippen LogP contribution in [-0.2, 0) is 10.0 Å². The second kappa shape index (κ2) is 5.65. The molecule has 0 spiro atoms. The van der Waals surface area contributed by atoms with Crippen LogP contribution in [0.4, 0.5) is 13.2 Å². The lowest BCUT2D eigenvalue weighted by Crippen LogP contribution is -2.31. The van der Waals surface area contributed by atoms with Crippen LogP contribution in [0.1, 0.15) is 19.3 Å². The first-order chi connectivity index (χ1) is 9.30. The van der Waals surface area contributed by atoms with Crippen molar-refractivity contribution in [1.29, 1.82) is 0 Å². The molecule has 1 aliphatic rings. The summed E-state index contributed by atoms with van der Waals surface area (Å²) in [5.74, 6) is -4.02. The SMILES string of the molecule is O=S(=O)(NCC1(CCBr)CC1)c1c(F)cc(F)cc1F. The van der Waals surface area contributed by atoms with Gasteiger partial charge in [0.2, 0.25) is 10.0 Å². The highest BCUT2D eigenvalue weighted by Crippen LogP contribution is 2.48. The fourth-order valence-corrected chi connectivity index (χ4v) is 4.11. The van der Waals surface area contributed by atoms with Crippen molar-refractivity contribution in [2.75, 3.05) is 11.9 Å². The lowest BCUT2D eigenvalue weighted by molar-refractivity contribution is 0.468. The van der Waals surface area contributed by atoms with Gasteiger partial charge in [0.05, 0.1) is 0 Å². The number of rotatable bonds is 6. The second-order valence-electron chi connectivity index (χ2n) is 4.96. The van der Waals surface area contributed by atoms with E-state index in [2.05, 4.69) is 20.7 Å². The lowest BCUT2D eigenvalue weighted by Gasteiger charge is -2.15. The van der Waals surface area contributed by atoms with Crippen molar-refractivity contribution >= 4 is 26.0 Å². The summed E-state index contributed by atoms with van der Waals surface area (Å²) in [5, 5.41) is 0.730. The zero-order valence-corrected chi connectivity index (χ0v) is 12.8. The first kappa shape index (κ1) is 15.8. The first-order valence-electron chi connectivity index (χ1n) is 6.00. The zero-order valence-electron chi connectivity index (χ0n) is 10.4. The van der Waals surface area contributed by atoms with Crippen molar-refractivity contribution in [3.05, 3.63) is 29.6 Å². The van der Waals surface area contributed by atoms with E-state index in [0.717, 1.165) is 24.6 Å². The third kappa shape index (κ3) is 3.35. The highest BCUT2D eigenvalue weighted by molar-refractivity contribution is 9.09. The average Bonchev–Trinajstić information content (AvgIpc) is 3.06. The number of hydrogen-bond donors (Lipinski definition) is 1. The lowest BCUT2D eigenvalue weighted by atomic mass is 10.1. The molecule has 112 valence electrons. The topological polar surface area (TPSA) is 46.2 Å². The zero-order chi connectivity index (χ0) is 15.0. The Bertz CT molecular complexity index is 594. The van der Waals surface area contributed by atoms with Crippen molar-refractivity contribution < 1.29 is 21.6 Å². The van der Waals surface area contributed by atoms with Gasteiger partial charge < -0.3 is 0 Å². The van der Waals surface area contributed by atoms with E-state index < -0.39 is 32.4 Å². The van der Waals surface area contributed by atoms with E-state index in [4.69, 9.17) is 0 Å². The molecule has 1 aliphatic carbocycles. The third-order valence-corrected chi connectivity index (χ3v) is 5.30. The molecule has 1 fully saturated rings. The van der Waals surface area contributed by atoms with E-state index in [9.17, 15) is 21.6 Å². The van der Waals surface area contributed by atoms with E-state index in [-0.39, 0.29) is 12.0 Å². The molecule has 1 aromatic carbocycles. The van der Waals surface area contributed by atoms with Crippen LogP contribution in [0.15, 0.2) is 17.0 Å². The summed E-state index contributed by atoms with van der Waals surface area (Å²) in [6.45, 7) is 0.122. The normalized spacial score (nSPS) is 17.2. The average molecular weight is 372 g/mol. The molecule has 8 heteroatoms. The number of halogens is 4. The second-order valence-corrected chi connectivity index (χ2v) is 7.46. The van der Waals surface area contributed by atoms with Gasteiger partial charge in [-0.3, -0.25) is 0 Å². The maximum absolute atomic E-state index is 13.5. The van der Waals surface area contributed by atoms with Crippen molar-refractivity contribution in [2.24, 2.45) is 5.41 Å². The minimum absolute atomic E-state index is 0.122. The summed E-state index contributed by atoms with van der Waals surface area (Å²) in [5.41, 5.74) is -0.135. The van der Waals surface area contributed by atoms with Gasteiger partial charge >= 0.3 is 0 Å². The summed E-state index contributed by atoms with van der Waals surface area (Å²) in [6.07, 6.45) is 2.52. The van der Waals surface area contributed by atoms with Crippen LogP contribution in [0.25, 0.3) is 0 Å². The van der Waals surface area contributed by atoms with Gasteiger partial charge in [0, 0.05) is 24.0 Å². The van der Waals surface area contributed by atoms with Gasteiger partial charge in [-0.25, -0.2) is 26.3 Å². The molecule has 1 aromatic rings. The fourth-order valence-electron chi connectivity index (χ4n) is 2.00. The van der Waals surface area contributed by atoms with Crippen molar-refractivity contribution in [1.82, 2.24) is 4.72 Å². The number of sulfonamides is 1. The van der Waals surface area contributed by atoms with Crippen molar-refractivity contribution in [3.63, 3.8) is 0 Å². The van der Waals surface area contributed by atoms with Gasteiger partial charge in [0.1, 0.15) is 17.5 Å². The highest BCUT2D eigenvalue weighted by atomic mass is 79.9. The summed E-state index contributed by atoms with van der Waals surface area (Å²) < 4.78 is 65.8. The standard InChI is InChI=1S/C12H13BrF3NO2S/c13-4-3-12(1-2-12)7-17-20(18,19)11-9(15)5-8(14)6-10(11)16/h5-6,17H,1-4,7H2. The molecule has 0 bridgehead atoms. The van der Waals surface area contributed by atoms with Crippen LogP contribution >= 0.6 is 15.9 Å². The quantitative estimate of drug-likeness (QED) is 0.781. The molecule has 0 atom stereocenters. The van der Waals surface area contributed by atoms with E-state index in [1.165, 1.54) is 0 Å². The van der Waals surface area contributed by atoms with Crippen molar-refractivity contribution in [2.45, 2.75) is 24.2 Å². The summed E-state index contributed by atoms with van der Waals surface area (Å²) in [6, 6.07) is 0.700. The summed E-state index contributed by atoms with van der Waals surface area (Å²) in [4.78, 5) is -1.13. The molecule has 0 saturated heterocycles. The Morgan fingerprint density at radius 2 is 1.75 bits per heavy atom. The van der Waals surface area contributed by atoms with Crippen molar-refractivity contribution in [3.8, 4) is 0 Å². The molecule has 1 saturated carbocycles. The molecule has 0 heterocycles. The van der Waals surface area contributed by atoms with Gasteiger partial charge in [0.25, 0.3) is 0 Å². The number of hydrogen-bond acceptors (Lipinski definition) is 2. The molecule has 3 nitrogen and oxygen atoms in total. The number of benzene rings is 1. The Labute approximate surface area is 123 Å². The molecular formula is C12H13BrF3NO2S. The molecular weight excluding hydrogens is 359 g/mol. The fraction of sp³-hybridized carbons (Fsp3) is 0.500. The van der Waals surface area contributed by atoms with Gasteiger partial charge in [-0.1, -0.05) is 15.9 Å². The van der Waals surface area contributed by atoms with Crippen LogP contribution in [-0.4, -0.2) is 20.3 Å². The number of nitrogens with one attached hydrogen (secondary N) is 1. The largest absolute Gasteiger partial charge is 0.246 e. The first-order valence-corrected chi connectivity index (χ1v) is 8.60. The van der Waals surface area contributed by atoms with Gasteiger partial charge in [-0.15, -0.1) is 0 Å².